The van der Waals surface area contributed by atoms with Crippen LogP contribution in [0.2, 0.25) is 0 Å². The lowest BCUT2D eigenvalue weighted by Crippen LogP contribution is -2.55. The van der Waals surface area contributed by atoms with Crippen molar-refractivity contribution in [3.05, 3.63) is 18.4 Å². The number of alkyl halides is 3. The van der Waals surface area contributed by atoms with Gasteiger partial charge in [-0.1, -0.05) is 0 Å². The molecule has 1 saturated heterocycles. The van der Waals surface area contributed by atoms with Gasteiger partial charge in [0.1, 0.15) is 6.04 Å². The number of aromatic nitrogens is 5. The number of hydrogen-bond acceptors (Lipinski definition) is 10. The first-order valence-electron chi connectivity index (χ1n) is 10.0. The summed E-state index contributed by atoms with van der Waals surface area (Å²) < 4.78 is 49.5. The van der Waals surface area contributed by atoms with Crippen LogP contribution in [0.5, 0.6) is 0 Å². The van der Waals surface area contributed by atoms with E-state index < -0.39 is 18.8 Å². The number of nitrogen functional groups attached to an aromatic ring is 1. The van der Waals surface area contributed by atoms with Crippen molar-refractivity contribution in [3.63, 3.8) is 0 Å². The van der Waals surface area contributed by atoms with E-state index in [2.05, 4.69) is 25.4 Å². The summed E-state index contributed by atoms with van der Waals surface area (Å²) in [4.78, 5) is 28.4. The number of methoxy groups -OCH3 is 1. The minimum absolute atomic E-state index is 0.0135. The maximum atomic E-state index is 13.0. The Hall–Kier alpha value is -3.46. The lowest BCUT2D eigenvalue weighted by Gasteiger charge is -2.36. The molecule has 3 N–H and O–H groups in total. The highest BCUT2D eigenvalue weighted by atomic mass is 19.4. The number of anilines is 2. The molecule has 3 aromatic heterocycles. The third kappa shape index (κ3) is 5.31. The summed E-state index contributed by atoms with van der Waals surface area (Å²) in [6.45, 7) is -0.447. The fourth-order valence-corrected chi connectivity index (χ4v) is 3.48. The molecule has 1 fully saturated rings. The first-order chi connectivity index (χ1) is 15.7. The van der Waals surface area contributed by atoms with Gasteiger partial charge in [0.15, 0.2) is 5.76 Å². The highest BCUT2D eigenvalue weighted by molar-refractivity contribution is 5.84. The summed E-state index contributed by atoms with van der Waals surface area (Å²) in [5.74, 6) is 0.497. The number of amides is 1. The van der Waals surface area contributed by atoms with E-state index in [1.165, 1.54) is 27.7 Å². The number of hydrogen-bond donors (Lipinski definition) is 2. The van der Waals surface area contributed by atoms with E-state index >= 15 is 0 Å². The molecule has 178 valence electrons. The summed E-state index contributed by atoms with van der Waals surface area (Å²) in [7, 11) is 1.43. The van der Waals surface area contributed by atoms with Crippen LogP contribution >= 0.6 is 0 Å². The Balaban J connectivity index is 1.47. The zero-order valence-corrected chi connectivity index (χ0v) is 17.6. The maximum Gasteiger partial charge on any atom is 0.401 e. The largest absolute Gasteiger partial charge is 0.461 e. The molecule has 12 nitrogen and oxygen atoms in total. The quantitative estimate of drug-likeness (QED) is 0.503. The zero-order valence-electron chi connectivity index (χ0n) is 17.6. The van der Waals surface area contributed by atoms with Crippen LogP contribution in [-0.2, 0) is 9.53 Å². The van der Waals surface area contributed by atoms with Gasteiger partial charge in [0.05, 0.1) is 19.4 Å². The van der Waals surface area contributed by atoms with E-state index in [0.717, 1.165) is 0 Å². The summed E-state index contributed by atoms with van der Waals surface area (Å²) >= 11 is 0. The molecule has 0 radical (unpaired) electrons. The lowest BCUT2D eigenvalue weighted by atomic mass is 10.2. The second-order valence-corrected chi connectivity index (χ2v) is 7.40. The van der Waals surface area contributed by atoms with Crippen molar-refractivity contribution in [1.29, 1.82) is 0 Å². The number of halogens is 3. The van der Waals surface area contributed by atoms with Crippen LogP contribution in [0.25, 0.3) is 17.4 Å². The van der Waals surface area contributed by atoms with E-state index in [9.17, 15) is 18.0 Å². The first kappa shape index (κ1) is 22.7. The van der Waals surface area contributed by atoms with Gasteiger partial charge < -0.3 is 25.1 Å². The van der Waals surface area contributed by atoms with Crippen molar-refractivity contribution in [1.82, 2.24) is 34.4 Å². The Morgan fingerprint density at radius 3 is 2.67 bits per heavy atom. The number of furan rings is 1. The molecule has 4 heterocycles. The summed E-state index contributed by atoms with van der Waals surface area (Å²) in [6.07, 6.45) is -2.80. The molecule has 4 rings (SSSR count). The Kier molecular flexibility index (Phi) is 6.33. The summed E-state index contributed by atoms with van der Waals surface area (Å²) in [5.41, 5.74) is 5.97. The van der Waals surface area contributed by atoms with E-state index in [0.29, 0.717) is 5.76 Å². The Morgan fingerprint density at radius 2 is 2.03 bits per heavy atom. The number of carbonyl (C=O) groups is 1. The SMILES string of the molecule is COC[C@H](Nc1nc(N)n2nc(-c3ccco3)nc2n1)C(=O)N1CCN(CC(F)(F)F)CC1. The maximum absolute atomic E-state index is 13.0. The molecule has 15 heteroatoms. The standard InChI is InChI=1S/C18H22F3N9O3/c1-32-9-11(14(31)29-6-4-28(5-7-29)10-18(19,20)21)23-16-25-15(22)30-17(26-16)24-13(27-30)12-3-2-8-33-12/h2-3,8,11H,4-7,9-10H2,1H3,(H3,22,23,24,25,26,27)/t11-/m0/s1. The normalized spacial score (nSPS) is 16.3. The van der Waals surface area contributed by atoms with Crippen molar-refractivity contribution in [2.75, 3.05) is 57.5 Å². The predicted molar refractivity (Wildman–Crippen MR) is 109 cm³/mol. The molecule has 0 unspecified atom stereocenters. The number of ether oxygens (including phenoxy) is 1. The molecule has 0 aromatic carbocycles. The van der Waals surface area contributed by atoms with E-state index in [1.807, 2.05) is 0 Å². The van der Waals surface area contributed by atoms with Gasteiger partial charge in [-0.3, -0.25) is 9.69 Å². The molecule has 0 bridgehead atoms. The van der Waals surface area contributed by atoms with Crippen LogP contribution in [0.4, 0.5) is 25.1 Å². The van der Waals surface area contributed by atoms with Crippen LogP contribution in [0.1, 0.15) is 0 Å². The Labute approximate surface area is 185 Å². The molecular weight excluding hydrogens is 447 g/mol. The molecule has 3 aromatic rings. The minimum Gasteiger partial charge on any atom is -0.461 e. The Morgan fingerprint density at radius 1 is 1.27 bits per heavy atom. The molecule has 0 aliphatic carbocycles. The van der Waals surface area contributed by atoms with Crippen molar-refractivity contribution < 1.29 is 27.1 Å². The molecule has 1 aliphatic rings. The lowest BCUT2D eigenvalue weighted by molar-refractivity contribution is -0.152. The number of rotatable bonds is 7. The van der Waals surface area contributed by atoms with Crippen molar-refractivity contribution in [2.45, 2.75) is 12.2 Å². The average molecular weight is 469 g/mol. The van der Waals surface area contributed by atoms with Gasteiger partial charge in [-0.05, 0) is 12.1 Å². The molecule has 1 atom stereocenters. The molecular formula is C18H22F3N9O3. The van der Waals surface area contributed by atoms with Gasteiger partial charge in [0, 0.05) is 33.3 Å². The summed E-state index contributed by atoms with van der Waals surface area (Å²) in [6, 6.07) is 2.49. The number of piperazine rings is 1. The average Bonchev–Trinajstić information content (AvgIpc) is 3.42. The zero-order chi connectivity index (χ0) is 23.6. The third-order valence-corrected chi connectivity index (χ3v) is 5.00. The second-order valence-electron chi connectivity index (χ2n) is 7.40. The minimum atomic E-state index is -4.28. The van der Waals surface area contributed by atoms with Crippen LogP contribution in [-0.4, -0.2) is 98.9 Å². The molecule has 1 amide bonds. The number of nitrogens with one attached hydrogen (secondary N) is 1. The topological polar surface area (TPSA) is 140 Å². The first-order valence-corrected chi connectivity index (χ1v) is 10.0. The number of nitrogens with two attached hydrogens (primary N) is 1. The van der Waals surface area contributed by atoms with E-state index in [4.69, 9.17) is 14.9 Å². The van der Waals surface area contributed by atoms with E-state index in [-0.39, 0.29) is 62.2 Å². The molecule has 0 saturated carbocycles. The van der Waals surface area contributed by atoms with Gasteiger partial charge in [0.2, 0.25) is 23.6 Å². The fraction of sp³-hybridized carbons (Fsp3) is 0.500. The van der Waals surface area contributed by atoms with Crippen LogP contribution < -0.4 is 11.1 Å². The fourth-order valence-electron chi connectivity index (χ4n) is 3.48. The highest BCUT2D eigenvalue weighted by Crippen LogP contribution is 2.19. The number of nitrogens with zero attached hydrogens (tertiary/aromatic N) is 7. The number of carbonyl (C=O) groups excluding carboxylic acids is 1. The van der Waals surface area contributed by atoms with Crippen molar-refractivity contribution >= 4 is 23.6 Å². The Bertz CT molecular complexity index is 1090. The predicted octanol–water partition coefficient (Wildman–Crippen LogP) is 0.495. The van der Waals surface area contributed by atoms with Gasteiger partial charge in [-0.15, -0.1) is 5.10 Å². The van der Waals surface area contributed by atoms with Gasteiger partial charge in [0.25, 0.3) is 5.78 Å². The number of fused-ring (bicyclic) bond motifs is 1. The van der Waals surface area contributed by atoms with Crippen LogP contribution in [0.3, 0.4) is 0 Å². The molecule has 33 heavy (non-hydrogen) atoms. The van der Waals surface area contributed by atoms with Gasteiger partial charge >= 0.3 is 6.18 Å². The highest BCUT2D eigenvalue weighted by Gasteiger charge is 2.34. The van der Waals surface area contributed by atoms with Crippen LogP contribution in [0.15, 0.2) is 22.8 Å². The van der Waals surface area contributed by atoms with Crippen LogP contribution in [0, 0.1) is 0 Å². The van der Waals surface area contributed by atoms with Crippen molar-refractivity contribution in [3.8, 4) is 11.6 Å². The van der Waals surface area contributed by atoms with Gasteiger partial charge in [-0.25, -0.2) is 0 Å². The van der Waals surface area contributed by atoms with Gasteiger partial charge in [-0.2, -0.15) is 32.6 Å². The summed E-state index contributed by atoms with van der Waals surface area (Å²) in [5, 5.41) is 7.09. The smallest absolute Gasteiger partial charge is 0.401 e. The van der Waals surface area contributed by atoms with E-state index in [1.54, 1.807) is 12.1 Å². The van der Waals surface area contributed by atoms with Crippen molar-refractivity contribution in [2.24, 2.45) is 0 Å². The third-order valence-electron chi connectivity index (χ3n) is 5.00. The monoisotopic (exact) mass is 469 g/mol. The second kappa shape index (κ2) is 9.19. The molecule has 0 spiro atoms. The molecule has 1 aliphatic heterocycles.